The highest BCUT2D eigenvalue weighted by Crippen LogP contribution is 2.22. The molecule has 18 heavy (non-hydrogen) atoms. The number of rotatable bonds is 2. The summed E-state index contributed by atoms with van der Waals surface area (Å²) in [5.74, 6) is -2.43. The highest BCUT2D eigenvalue weighted by Gasteiger charge is 2.31. The number of carbonyl (C=O) groups is 2. The van der Waals surface area contributed by atoms with Crippen molar-refractivity contribution in [2.75, 3.05) is 18.8 Å². The Labute approximate surface area is 103 Å². The molecule has 0 saturated carbocycles. The van der Waals surface area contributed by atoms with E-state index in [0.29, 0.717) is 13.0 Å². The molecule has 0 aromatic heterocycles. The number of nitrogen functional groups attached to an aromatic ring is 1. The smallest absolute Gasteiger partial charge is 0.308 e. The number of nitrogens with two attached hydrogens (primary N) is 1. The molecule has 1 saturated heterocycles. The largest absolute Gasteiger partial charge is 0.481 e. The highest BCUT2D eigenvalue weighted by molar-refractivity contribution is 5.99. The van der Waals surface area contributed by atoms with Gasteiger partial charge in [0, 0.05) is 18.8 Å². The minimum atomic E-state index is -0.919. The molecule has 1 unspecified atom stereocenters. The van der Waals surface area contributed by atoms with E-state index in [2.05, 4.69) is 0 Å². The molecule has 1 aromatic carbocycles. The van der Waals surface area contributed by atoms with Crippen molar-refractivity contribution >= 4 is 17.6 Å². The van der Waals surface area contributed by atoms with Crippen molar-refractivity contribution in [3.63, 3.8) is 0 Å². The highest BCUT2D eigenvalue weighted by atomic mass is 19.1. The number of carboxylic acid groups (broad SMARTS) is 1. The van der Waals surface area contributed by atoms with E-state index in [-0.39, 0.29) is 17.8 Å². The van der Waals surface area contributed by atoms with Crippen molar-refractivity contribution in [3.05, 3.63) is 29.6 Å². The number of amides is 1. The molecule has 1 amide bonds. The first kappa shape index (κ1) is 12.3. The van der Waals surface area contributed by atoms with E-state index in [0.717, 1.165) is 6.07 Å². The van der Waals surface area contributed by atoms with E-state index < -0.39 is 23.6 Å². The first-order valence-corrected chi connectivity index (χ1v) is 5.56. The van der Waals surface area contributed by atoms with Crippen LogP contribution in [-0.4, -0.2) is 35.0 Å². The van der Waals surface area contributed by atoms with Crippen molar-refractivity contribution in [1.29, 1.82) is 0 Å². The molecule has 0 radical (unpaired) electrons. The van der Waals surface area contributed by atoms with Crippen LogP contribution in [0.3, 0.4) is 0 Å². The number of hydrogen-bond acceptors (Lipinski definition) is 3. The first-order chi connectivity index (χ1) is 8.49. The van der Waals surface area contributed by atoms with Crippen LogP contribution in [0.5, 0.6) is 0 Å². The van der Waals surface area contributed by atoms with Gasteiger partial charge in [-0.25, -0.2) is 4.39 Å². The second kappa shape index (κ2) is 4.64. The number of carboxylic acids is 1. The summed E-state index contributed by atoms with van der Waals surface area (Å²) in [5, 5.41) is 8.86. The molecule has 1 fully saturated rings. The summed E-state index contributed by atoms with van der Waals surface area (Å²) in [4.78, 5) is 24.3. The Hall–Kier alpha value is -2.11. The predicted molar refractivity (Wildman–Crippen MR) is 62.5 cm³/mol. The first-order valence-electron chi connectivity index (χ1n) is 5.56. The van der Waals surface area contributed by atoms with Crippen LogP contribution in [0, 0.1) is 11.7 Å². The minimum Gasteiger partial charge on any atom is -0.481 e. The van der Waals surface area contributed by atoms with Gasteiger partial charge in [-0.05, 0) is 24.6 Å². The molecule has 2 rings (SSSR count). The number of aliphatic carboxylic acids is 1. The van der Waals surface area contributed by atoms with Gasteiger partial charge >= 0.3 is 5.97 Å². The normalized spacial score (nSPS) is 18.9. The fraction of sp³-hybridized carbons (Fsp3) is 0.333. The van der Waals surface area contributed by atoms with Crippen LogP contribution in [0.25, 0.3) is 0 Å². The van der Waals surface area contributed by atoms with Gasteiger partial charge in [-0.15, -0.1) is 0 Å². The number of halogens is 1. The standard InChI is InChI=1S/C12H13FN2O3/c13-8-1-2-10(14)9(5-8)11(16)15-4-3-7(6-15)12(17)18/h1-2,5,7H,3-4,6,14H2,(H,17,18). The predicted octanol–water partition coefficient (Wildman–Crippen LogP) is 0.955. The average molecular weight is 252 g/mol. The van der Waals surface area contributed by atoms with Gasteiger partial charge in [0.1, 0.15) is 5.82 Å². The molecule has 1 aliphatic rings. The maximum atomic E-state index is 13.1. The molecule has 1 heterocycles. The Bertz CT molecular complexity index is 504. The summed E-state index contributed by atoms with van der Waals surface area (Å²) < 4.78 is 13.1. The van der Waals surface area contributed by atoms with Gasteiger partial charge in [0.05, 0.1) is 11.5 Å². The monoisotopic (exact) mass is 252 g/mol. The molecule has 1 aliphatic heterocycles. The van der Waals surface area contributed by atoms with Gasteiger partial charge in [-0.1, -0.05) is 0 Å². The third kappa shape index (κ3) is 2.27. The van der Waals surface area contributed by atoms with Crippen LogP contribution in [0.15, 0.2) is 18.2 Å². The summed E-state index contributed by atoms with van der Waals surface area (Å²) in [6.07, 6.45) is 0.413. The Morgan fingerprint density at radius 3 is 2.78 bits per heavy atom. The molecule has 0 aliphatic carbocycles. The molecular weight excluding hydrogens is 239 g/mol. The lowest BCUT2D eigenvalue weighted by molar-refractivity contribution is -0.141. The summed E-state index contributed by atoms with van der Waals surface area (Å²) >= 11 is 0. The van der Waals surface area contributed by atoms with Crippen LogP contribution >= 0.6 is 0 Å². The van der Waals surface area contributed by atoms with Gasteiger partial charge in [-0.2, -0.15) is 0 Å². The lowest BCUT2D eigenvalue weighted by Gasteiger charge is -2.16. The van der Waals surface area contributed by atoms with Gasteiger partial charge in [-0.3, -0.25) is 9.59 Å². The third-order valence-corrected chi connectivity index (χ3v) is 3.07. The van der Waals surface area contributed by atoms with Crippen LogP contribution in [0.2, 0.25) is 0 Å². The van der Waals surface area contributed by atoms with Crippen LogP contribution in [-0.2, 0) is 4.79 Å². The Morgan fingerprint density at radius 2 is 2.17 bits per heavy atom. The molecule has 96 valence electrons. The third-order valence-electron chi connectivity index (χ3n) is 3.07. The zero-order valence-corrected chi connectivity index (χ0v) is 9.60. The maximum Gasteiger partial charge on any atom is 0.308 e. The topological polar surface area (TPSA) is 83.6 Å². The van der Waals surface area contributed by atoms with Crippen LogP contribution < -0.4 is 5.73 Å². The zero-order valence-electron chi connectivity index (χ0n) is 9.60. The van der Waals surface area contributed by atoms with Crippen LogP contribution in [0.4, 0.5) is 10.1 Å². The van der Waals surface area contributed by atoms with Gasteiger partial charge in [0.25, 0.3) is 5.91 Å². The quantitative estimate of drug-likeness (QED) is 0.768. The van der Waals surface area contributed by atoms with Crippen molar-refractivity contribution in [3.8, 4) is 0 Å². The number of likely N-dealkylation sites (tertiary alicyclic amines) is 1. The van der Waals surface area contributed by atoms with Crippen molar-refractivity contribution in [2.45, 2.75) is 6.42 Å². The second-order valence-electron chi connectivity index (χ2n) is 4.31. The molecule has 1 aromatic rings. The van der Waals surface area contributed by atoms with Crippen molar-refractivity contribution < 1.29 is 19.1 Å². The second-order valence-corrected chi connectivity index (χ2v) is 4.31. The van der Waals surface area contributed by atoms with E-state index in [1.807, 2.05) is 0 Å². The number of carbonyl (C=O) groups excluding carboxylic acids is 1. The van der Waals surface area contributed by atoms with Gasteiger partial charge in [0.2, 0.25) is 0 Å². The Balaban J connectivity index is 2.17. The molecule has 5 nitrogen and oxygen atoms in total. The lowest BCUT2D eigenvalue weighted by atomic mass is 10.1. The van der Waals surface area contributed by atoms with E-state index in [1.54, 1.807) is 0 Å². The molecule has 6 heteroatoms. The van der Waals surface area contributed by atoms with Gasteiger partial charge in [0.15, 0.2) is 0 Å². The molecular formula is C12H13FN2O3. The molecule has 1 atom stereocenters. The van der Waals surface area contributed by atoms with E-state index in [9.17, 15) is 14.0 Å². The Morgan fingerprint density at radius 1 is 1.44 bits per heavy atom. The zero-order chi connectivity index (χ0) is 13.3. The Kier molecular flexibility index (Phi) is 3.18. The SMILES string of the molecule is Nc1ccc(F)cc1C(=O)N1CCC(C(=O)O)C1. The maximum absolute atomic E-state index is 13.1. The summed E-state index contributed by atoms with van der Waals surface area (Å²) in [7, 11) is 0. The summed E-state index contributed by atoms with van der Waals surface area (Å²) in [5.41, 5.74) is 5.90. The average Bonchev–Trinajstić information content (AvgIpc) is 2.81. The van der Waals surface area contributed by atoms with Crippen molar-refractivity contribution in [2.24, 2.45) is 5.92 Å². The van der Waals surface area contributed by atoms with E-state index in [4.69, 9.17) is 10.8 Å². The molecule has 0 bridgehead atoms. The summed E-state index contributed by atoms with van der Waals surface area (Å²) in [6, 6.07) is 3.58. The van der Waals surface area contributed by atoms with Gasteiger partial charge < -0.3 is 15.7 Å². The number of anilines is 1. The number of hydrogen-bond donors (Lipinski definition) is 2. The number of benzene rings is 1. The molecule has 0 spiro atoms. The number of nitrogens with zero attached hydrogens (tertiary/aromatic N) is 1. The van der Waals surface area contributed by atoms with E-state index >= 15 is 0 Å². The lowest BCUT2D eigenvalue weighted by Crippen LogP contribution is -2.30. The molecule has 3 N–H and O–H groups in total. The summed E-state index contributed by atoms with van der Waals surface area (Å²) in [6.45, 7) is 0.496. The fourth-order valence-corrected chi connectivity index (χ4v) is 2.03. The van der Waals surface area contributed by atoms with Crippen molar-refractivity contribution in [1.82, 2.24) is 4.90 Å². The van der Waals surface area contributed by atoms with Crippen LogP contribution in [0.1, 0.15) is 16.8 Å². The fourth-order valence-electron chi connectivity index (χ4n) is 2.03. The van der Waals surface area contributed by atoms with E-state index in [1.165, 1.54) is 17.0 Å². The minimum absolute atomic E-state index is 0.0843.